The lowest BCUT2D eigenvalue weighted by atomic mass is 10.1. The fourth-order valence-corrected chi connectivity index (χ4v) is 2.45. The van der Waals surface area contributed by atoms with E-state index < -0.39 is 5.97 Å². The van der Waals surface area contributed by atoms with Gasteiger partial charge in [-0.3, -0.25) is 0 Å². The predicted octanol–water partition coefficient (Wildman–Crippen LogP) is 4.50. The number of anilines is 1. The number of furan rings is 1. The van der Waals surface area contributed by atoms with Crippen molar-refractivity contribution in [1.29, 1.82) is 0 Å². The van der Waals surface area contributed by atoms with Crippen LogP contribution in [0.2, 0.25) is 0 Å². The molecule has 0 saturated heterocycles. The molecule has 0 bridgehead atoms. The third-order valence-corrected chi connectivity index (χ3v) is 3.72. The second kappa shape index (κ2) is 8.27. The molecule has 2 N–H and O–H groups in total. The normalized spacial score (nSPS) is 10.6. The maximum Gasteiger partial charge on any atom is 0.335 e. The van der Waals surface area contributed by atoms with Crippen LogP contribution in [0.1, 0.15) is 47.4 Å². The van der Waals surface area contributed by atoms with Crippen molar-refractivity contribution in [2.24, 2.45) is 0 Å². The summed E-state index contributed by atoms with van der Waals surface area (Å²) in [6, 6.07) is 9.13. The Hall–Kier alpha value is -2.23. The maximum absolute atomic E-state index is 10.9. The molecule has 0 saturated carbocycles. The molecule has 1 aromatic heterocycles. The number of carboxylic acid groups (broad SMARTS) is 1. The van der Waals surface area contributed by atoms with Crippen molar-refractivity contribution < 1.29 is 14.3 Å². The molecule has 0 unspecified atom stereocenters. The molecule has 0 atom stereocenters. The van der Waals surface area contributed by atoms with Crippen LogP contribution in [0.25, 0.3) is 0 Å². The summed E-state index contributed by atoms with van der Waals surface area (Å²) in [5.74, 6) is 0.179. The van der Waals surface area contributed by atoms with E-state index >= 15 is 0 Å². The van der Waals surface area contributed by atoms with E-state index in [0.29, 0.717) is 5.56 Å². The lowest BCUT2D eigenvalue weighted by Gasteiger charge is -2.10. The highest BCUT2D eigenvalue weighted by atomic mass is 16.4. The smallest absolute Gasteiger partial charge is 0.335 e. The van der Waals surface area contributed by atoms with Crippen molar-refractivity contribution in [3.63, 3.8) is 0 Å². The van der Waals surface area contributed by atoms with Crippen LogP contribution < -0.4 is 5.32 Å². The standard InChI is InChI=1S/C18H23NO3/c1-14-13-15(18(20)21)9-10-17(14)19-11-5-3-2-4-7-16-8-6-12-22-16/h6,8-10,12-13,19H,2-5,7,11H2,1H3,(H,20,21). The second-order valence-electron chi connectivity index (χ2n) is 5.51. The van der Waals surface area contributed by atoms with Gasteiger partial charge in [-0.25, -0.2) is 4.79 Å². The average Bonchev–Trinajstić information content (AvgIpc) is 3.00. The summed E-state index contributed by atoms with van der Waals surface area (Å²) in [6.07, 6.45) is 7.37. The van der Waals surface area contributed by atoms with Gasteiger partial charge >= 0.3 is 5.97 Å². The molecule has 0 aliphatic carbocycles. The van der Waals surface area contributed by atoms with Crippen molar-refractivity contribution in [2.45, 2.75) is 39.0 Å². The molecule has 0 fully saturated rings. The molecular weight excluding hydrogens is 278 g/mol. The Morgan fingerprint density at radius 3 is 2.68 bits per heavy atom. The summed E-state index contributed by atoms with van der Waals surface area (Å²) < 4.78 is 5.30. The predicted molar refractivity (Wildman–Crippen MR) is 87.5 cm³/mol. The zero-order chi connectivity index (χ0) is 15.8. The number of carboxylic acids is 1. The van der Waals surface area contributed by atoms with Crippen LogP contribution in [0.15, 0.2) is 41.0 Å². The van der Waals surface area contributed by atoms with Crippen LogP contribution in [0.4, 0.5) is 5.69 Å². The molecular formula is C18H23NO3. The highest BCUT2D eigenvalue weighted by Crippen LogP contribution is 2.17. The van der Waals surface area contributed by atoms with Gasteiger partial charge < -0.3 is 14.8 Å². The number of nitrogens with one attached hydrogen (secondary N) is 1. The van der Waals surface area contributed by atoms with Crippen molar-refractivity contribution in [3.05, 3.63) is 53.5 Å². The molecule has 0 spiro atoms. The average molecular weight is 301 g/mol. The number of hydrogen-bond donors (Lipinski definition) is 2. The summed E-state index contributed by atoms with van der Waals surface area (Å²) in [5, 5.41) is 12.3. The number of hydrogen-bond acceptors (Lipinski definition) is 3. The Morgan fingerprint density at radius 1 is 1.18 bits per heavy atom. The van der Waals surface area contributed by atoms with Gasteiger partial charge in [-0.1, -0.05) is 12.8 Å². The summed E-state index contributed by atoms with van der Waals surface area (Å²) in [7, 11) is 0. The van der Waals surface area contributed by atoms with Crippen LogP contribution >= 0.6 is 0 Å². The minimum Gasteiger partial charge on any atom is -0.478 e. The Kier molecular flexibility index (Phi) is 6.07. The van der Waals surface area contributed by atoms with Crippen LogP contribution in [-0.4, -0.2) is 17.6 Å². The van der Waals surface area contributed by atoms with Crippen molar-refractivity contribution in [3.8, 4) is 0 Å². The summed E-state index contributed by atoms with van der Waals surface area (Å²) in [5.41, 5.74) is 2.32. The molecule has 0 aliphatic rings. The summed E-state index contributed by atoms with van der Waals surface area (Å²) in [4.78, 5) is 10.9. The first-order valence-electron chi connectivity index (χ1n) is 7.77. The summed E-state index contributed by atoms with van der Waals surface area (Å²) >= 11 is 0. The van der Waals surface area contributed by atoms with Gasteiger partial charge in [0.15, 0.2) is 0 Å². The first-order valence-corrected chi connectivity index (χ1v) is 7.77. The zero-order valence-corrected chi connectivity index (χ0v) is 13.0. The third-order valence-electron chi connectivity index (χ3n) is 3.72. The summed E-state index contributed by atoms with van der Waals surface area (Å²) in [6.45, 7) is 2.84. The quantitative estimate of drug-likeness (QED) is 0.669. The minimum atomic E-state index is -0.883. The molecule has 1 aromatic carbocycles. The Labute approximate surface area is 131 Å². The van der Waals surface area contributed by atoms with Crippen LogP contribution in [0.3, 0.4) is 0 Å². The number of rotatable bonds is 9. The number of carbonyl (C=O) groups is 1. The number of aryl methyl sites for hydroxylation is 2. The molecule has 22 heavy (non-hydrogen) atoms. The van der Waals surface area contributed by atoms with Crippen LogP contribution in [0, 0.1) is 6.92 Å². The van der Waals surface area contributed by atoms with Gasteiger partial charge in [0.2, 0.25) is 0 Å². The van der Waals surface area contributed by atoms with Crippen molar-refractivity contribution in [1.82, 2.24) is 0 Å². The fraction of sp³-hybridized carbons (Fsp3) is 0.389. The molecule has 0 radical (unpaired) electrons. The fourth-order valence-electron chi connectivity index (χ4n) is 2.45. The molecule has 0 aliphatic heterocycles. The van der Waals surface area contributed by atoms with E-state index in [9.17, 15) is 4.79 Å². The molecule has 4 nitrogen and oxygen atoms in total. The first-order chi connectivity index (χ1) is 10.7. The highest BCUT2D eigenvalue weighted by molar-refractivity contribution is 5.88. The number of aromatic carboxylic acids is 1. The van der Waals surface area contributed by atoms with Gasteiger partial charge in [-0.15, -0.1) is 0 Å². The molecule has 4 heteroatoms. The van der Waals surface area contributed by atoms with Gasteiger partial charge in [0.25, 0.3) is 0 Å². The van der Waals surface area contributed by atoms with E-state index in [1.807, 2.05) is 25.1 Å². The van der Waals surface area contributed by atoms with Gasteiger partial charge in [0.05, 0.1) is 11.8 Å². The topological polar surface area (TPSA) is 62.5 Å². The van der Waals surface area contributed by atoms with E-state index in [4.69, 9.17) is 9.52 Å². The van der Waals surface area contributed by atoms with Gasteiger partial charge in [0, 0.05) is 18.7 Å². The SMILES string of the molecule is Cc1cc(C(=O)O)ccc1NCCCCCCc1ccco1. The van der Waals surface area contributed by atoms with Crippen molar-refractivity contribution >= 4 is 11.7 Å². The monoisotopic (exact) mass is 301 g/mol. The first kappa shape index (κ1) is 16.1. The maximum atomic E-state index is 10.9. The van der Waals surface area contributed by atoms with E-state index in [1.165, 1.54) is 12.8 Å². The van der Waals surface area contributed by atoms with Gasteiger partial charge in [-0.05, 0) is 55.7 Å². The van der Waals surface area contributed by atoms with Crippen LogP contribution in [0.5, 0.6) is 0 Å². The van der Waals surface area contributed by atoms with Gasteiger partial charge in [-0.2, -0.15) is 0 Å². The second-order valence-corrected chi connectivity index (χ2v) is 5.51. The van der Waals surface area contributed by atoms with Gasteiger partial charge in [0.1, 0.15) is 5.76 Å². The number of benzene rings is 1. The van der Waals surface area contributed by atoms with E-state index in [2.05, 4.69) is 5.32 Å². The van der Waals surface area contributed by atoms with E-state index in [-0.39, 0.29) is 0 Å². The minimum absolute atomic E-state index is 0.334. The van der Waals surface area contributed by atoms with E-state index in [0.717, 1.165) is 42.8 Å². The third kappa shape index (κ3) is 4.95. The number of unbranched alkanes of at least 4 members (excludes halogenated alkanes) is 3. The zero-order valence-electron chi connectivity index (χ0n) is 13.0. The highest BCUT2D eigenvalue weighted by Gasteiger charge is 2.05. The Balaban J connectivity index is 1.61. The lowest BCUT2D eigenvalue weighted by molar-refractivity contribution is 0.0697. The molecule has 1 heterocycles. The molecule has 118 valence electrons. The van der Waals surface area contributed by atoms with E-state index in [1.54, 1.807) is 18.4 Å². The Morgan fingerprint density at radius 2 is 2.00 bits per heavy atom. The van der Waals surface area contributed by atoms with Crippen LogP contribution in [-0.2, 0) is 6.42 Å². The molecule has 0 amide bonds. The largest absolute Gasteiger partial charge is 0.478 e. The lowest BCUT2D eigenvalue weighted by Crippen LogP contribution is -2.04. The molecule has 2 aromatic rings. The molecule has 2 rings (SSSR count). The van der Waals surface area contributed by atoms with Crippen molar-refractivity contribution in [2.75, 3.05) is 11.9 Å². The Bertz CT molecular complexity index is 590.